The van der Waals surface area contributed by atoms with Crippen LogP contribution < -0.4 is 4.74 Å². The van der Waals surface area contributed by atoms with Crippen molar-refractivity contribution in [2.75, 3.05) is 53.0 Å². The maximum absolute atomic E-state index is 13.3. The lowest BCUT2D eigenvalue weighted by Crippen LogP contribution is -2.40. The van der Waals surface area contributed by atoms with E-state index >= 15 is 0 Å². The molecule has 2 fully saturated rings. The molecule has 2 unspecified atom stereocenters. The second kappa shape index (κ2) is 9.59. The van der Waals surface area contributed by atoms with Gasteiger partial charge in [-0.05, 0) is 35.2 Å². The van der Waals surface area contributed by atoms with Crippen molar-refractivity contribution in [3.63, 3.8) is 0 Å². The second-order valence-electron chi connectivity index (χ2n) is 8.44. The van der Waals surface area contributed by atoms with E-state index in [1.807, 2.05) is 30.3 Å². The van der Waals surface area contributed by atoms with Crippen LogP contribution in [0.1, 0.15) is 22.6 Å². The first-order valence-electron chi connectivity index (χ1n) is 10.7. The van der Waals surface area contributed by atoms with Crippen LogP contribution in [-0.2, 0) is 17.5 Å². The van der Waals surface area contributed by atoms with Crippen LogP contribution >= 0.6 is 0 Å². The molecule has 168 valence electrons. The highest BCUT2D eigenvalue weighted by atomic mass is 19.4. The third-order valence-electron chi connectivity index (χ3n) is 6.32. The van der Waals surface area contributed by atoms with Crippen molar-refractivity contribution >= 4 is 0 Å². The molecule has 2 aliphatic rings. The van der Waals surface area contributed by atoms with Crippen molar-refractivity contribution < 1.29 is 22.6 Å². The fourth-order valence-corrected chi connectivity index (χ4v) is 4.70. The predicted molar refractivity (Wildman–Crippen MR) is 113 cm³/mol. The predicted octanol–water partition coefficient (Wildman–Crippen LogP) is 4.26. The Bertz CT molecular complexity index is 851. The number of hydrogen-bond donors (Lipinski definition) is 0. The van der Waals surface area contributed by atoms with Gasteiger partial charge in [-0.1, -0.05) is 30.3 Å². The highest BCUT2D eigenvalue weighted by Gasteiger charge is 2.37. The second-order valence-corrected chi connectivity index (χ2v) is 8.44. The number of morpholine rings is 1. The van der Waals surface area contributed by atoms with E-state index in [-0.39, 0.29) is 11.8 Å². The summed E-state index contributed by atoms with van der Waals surface area (Å²) in [6, 6.07) is 13.9. The van der Waals surface area contributed by atoms with Crippen LogP contribution in [-0.4, -0.2) is 62.8 Å². The molecule has 0 aromatic heterocycles. The molecule has 0 saturated carbocycles. The molecule has 4 rings (SSSR count). The van der Waals surface area contributed by atoms with Crippen molar-refractivity contribution in [2.45, 2.75) is 18.6 Å². The van der Waals surface area contributed by atoms with E-state index in [1.54, 1.807) is 7.11 Å². The van der Waals surface area contributed by atoms with E-state index in [2.05, 4.69) is 9.80 Å². The Morgan fingerprint density at radius 3 is 2.42 bits per heavy atom. The molecule has 2 heterocycles. The van der Waals surface area contributed by atoms with Crippen molar-refractivity contribution in [1.82, 2.24) is 9.80 Å². The molecule has 0 spiro atoms. The fraction of sp³-hybridized carbons (Fsp3) is 0.500. The van der Waals surface area contributed by atoms with E-state index in [0.29, 0.717) is 0 Å². The number of hydrogen-bond acceptors (Lipinski definition) is 4. The Kier molecular flexibility index (Phi) is 6.84. The number of likely N-dealkylation sites (tertiary alicyclic amines) is 1. The fourth-order valence-electron chi connectivity index (χ4n) is 4.70. The van der Waals surface area contributed by atoms with Gasteiger partial charge in [-0.25, -0.2) is 0 Å². The van der Waals surface area contributed by atoms with Crippen LogP contribution in [0.5, 0.6) is 5.75 Å². The third kappa shape index (κ3) is 5.59. The molecule has 2 aromatic rings. The summed E-state index contributed by atoms with van der Waals surface area (Å²) in [5.74, 6) is 1.17. The van der Waals surface area contributed by atoms with Gasteiger partial charge in [0.05, 0.1) is 25.9 Å². The molecule has 0 aliphatic carbocycles. The summed E-state index contributed by atoms with van der Waals surface area (Å²) in [7, 11) is 1.64. The lowest BCUT2D eigenvalue weighted by Gasteiger charge is -2.31. The van der Waals surface area contributed by atoms with E-state index < -0.39 is 11.7 Å². The van der Waals surface area contributed by atoms with Gasteiger partial charge in [-0.3, -0.25) is 9.80 Å². The summed E-state index contributed by atoms with van der Waals surface area (Å²) in [6.45, 7) is 6.47. The highest BCUT2D eigenvalue weighted by Crippen LogP contribution is 2.37. The van der Waals surface area contributed by atoms with Gasteiger partial charge in [0.25, 0.3) is 0 Å². The maximum atomic E-state index is 13.3. The number of methoxy groups -OCH3 is 1. The van der Waals surface area contributed by atoms with Gasteiger partial charge >= 0.3 is 6.18 Å². The number of alkyl halides is 3. The summed E-state index contributed by atoms with van der Waals surface area (Å²) < 4.78 is 50.6. The SMILES string of the molecule is COc1ccc(CN2CC(CN3CCOCC3)C(c3cccc(C(F)(F)F)c3)C2)cc1. The van der Waals surface area contributed by atoms with Gasteiger partial charge in [0.1, 0.15) is 5.75 Å². The molecule has 0 N–H and O–H groups in total. The van der Waals surface area contributed by atoms with Gasteiger partial charge < -0.3 is 9.47 Å². The van der Waals surface area contributed by atoms with Crippen molar-refractivity contribution in [1.29, 1.82) is 0 Å². The molecular weight excluding hydrogens is 405 g/mol. The molecule has 2 atom stereocenters. The van der Waals surface area contributed by atoms with Gasteiger partial charge in [0.15, 0.2) is 0 Å². The minimum atomic E-state index is -4.32. The Labute approximate surface area is 181 Å². The Morgan fingerprint density at radius 2 is 1.74 bits per heavy atom. The van der Waals surface area contributed by atoms with Crippen LogP contribution in [0.25, 0.3) is 0 Å². The first-order valence-corrected chi connectivity index (χ1v) is 10.7. The molecule has 0 amide bonds. The van der Waals surface area contributed by atoms with E-state index in [1.165, 1.54) is 17.7 Å². The Balaban J connectivity index is 1.52. The van der Waals surface area contributed by atoms with Crippen LogP contribution in [0.3, 0.4) is 0 Å². The molecule has 2 aliphatic heterocycles. The summed E-state index contributed by atoms with van der Waals surface area (Å²) in [4.78, 5) is 4.74. The van der Waals surface area contributed by atoms with Crippen LogP contribution in [0.15, 0.2) is 48.5 Å². The number of benzene rings is 2. The first kappa shape index (κ1) is 22.1. The number of rotatable bonds is 6. The summed E-state index contributed by atoms with van der Waals surface area (Å²) in [5.41, 5.74) is 1.39. The monoisotopic (exact) mass is 434 g/mol. The molecule has 2 aromatic carbocycles. The Morgan fingerprint density at radius 1 is 1.00 bits per heavy atom. The Hall–Kier alpha value is -2.09. The van der Waals surface area contributed by atoms with Gasteiger partial charge in [0, 0.05) is 45.2 Å². The molecule has 0 bridgehead atoms. The molecule has 7 heteroatoms. The topological polar surface area (TPSA) is 24.9 Å². The average molecular weight is 435 g/mol. The molecule has 0 radical (unpaired) electrons. The van der Waals surface area contributed by atoms with E-state index in [9.17, 15) is 13.2 Å². The normalized spacial score (nSPS) is 23.2. The summed E-state index contributed by atoms with van der Waals surface area (Å²) >= 11 is 0. The third-order valence-corrected chi connectivity index (χ3v) is 6.32. The quantitative estimate of drug-likeness (QED) is 0.678. The lowest BCUT2D eigenvalue weighted by molar-refractivity contribution is -0.137. The zero-order chi connectivity index (χ0) is 21.8. The van der Waals surface area contributed by atoms with Crippen LogP contribution in [0.4, 0.5) is 13.2 Å². The number of ether oxygens (including phenoxy) is 2. The molecular formula is C24H29F3N2O2. The average Bonchev–Trinajstić information content (AvgIpc) is 3.16. The minimum absolute atomic E-state index is 0.0726. The zero-order valence-corrected chi connectivity index (χ0v) is 17.8. The van der Waals surface area contributed by atoms with Gasteiger partial charge in [0.2, 0.25) is 0 Å². The molecule has 4 nitrogen and oxygen atoms in total. The summed E-state index contributed by atoms with van der Waals surface area (Å²) in [6.07, 6.45) is -4.32. The lowest BCUT2D eigenvalue weighted by atomic mass is 9.87. The summed E-state index contributed by atoms with van der Waals surface area (Å²) in [5, 5.41) is 0. The van der Waals surface area contributed by atoms with Crippen LogP contribution in [0, 0.1) is 5.92 Å². The van der Waals surface area contributed by atoms with Crippen molar-refractivity contribution in [3.05, 3.63) is 65.2 Å². The van der Waals surface area contributed by atoms with Crippen molar-refractivity contribution in [2.24, 2.45) is 5.92 Å². The number of nitrogens with zero attached hydrogens (tertiary/aromatic N) is 2. The molecule has 31 heavy (non-hydrogen) atoms. The highest BCUT2D eigenvalue weighted by molar-refractivity contribution is 5.31. The first-order chi connectivity index (χ1) is 14.9. The largest absolute Gasteiger partial charge is 0.497 e. The number of halogens is 3. The van der Waals surface area contributed by atoms with E-state index in [0.717, 1.165) is 69.9 Å². The standard InChI is InChI=1S/C24H29F3N2O2/c1-30-22-7-5-18(6-8-22)14-29-16-20(15-28-9-11-31-12-10-28)23(17-29)19-3-2-4-21(13-19)24(25,26)27/h2-8,13,20,23H,9-12,14-17H2,1H3. The smallest absolute Gasteiger partial charge is 0.416 e. The molecule has 2 saturated heterocycles. The van der Waals surface area contributed by atoms with Gasteiger partial charge in [-0.15, -0.1) is 0 Å². The van der Waals surface area contributed by atoms with Crippen molar-refractivity contribution in [3.8, 4) is 5.75 Å². The van der Waals surface area contributed by atoms with Crippen LogP contribution in [0.2, 0.25) is 0 Å². The van der Waals surface area contributed by atoms with E-state index in [4.69, 9.17) is 9.47 Å². The maximum Gasteiger partial charge on any atom is 0.416 e. The minimum Gasteiger partial charge on any atom is -0.497 e. The van der Waals surface area contributed by atoms with Gasteiger partial charge in [-0.2, -0.15) is 13.2 Å². The zero-order valence-electron chi connectivity index (χ0n) is 17.8.